The van der Waals surface area contributed by atoms with Crippen molar-refractivity contribution in [3.8, 4) is 0 Å². The number of carboxylic acids is 1. The Kier molecular flexibility index (Phi) is 7.90. The van der Waals surface area contributed by atoms with Crippen LogP contribution in [0.5, 0.6) is 0 Å². The number of anilines is 1. The van der Waals surface area contributed by atoms with Crippen LogP contribution in [0.2, 0.25) is 0 Å². The molecule has 0 radical (unpaired) electrons. The van der Waals surface area contributed by atoms with Gasteiger partial charge >= 0.3 is 5.97 Å². The number of para-hydroxylation sites is 1. The first-order chi connectivity index (χ1) is 15.3. The van der Waals surface area contributed by atoms with E-state index in [0.717, 1.165) is 29.4 Å². The Morgan fingerprint density at radius 2 is 1.88 bits per heavy atom. The highest BCUT2D eigenvalue weighted by Crippen LogP contribution is 2.23. The van der Waals surface area contributed by atoms with E-state index < -0.39 is 17.4 Å². The number of nitrogens with zero attached hydrogens (tertiary/aromatic N) is 2. The minimum Gasteiger partial charge on any atom is -0.481 e. The van der Waals surface area contributed by atoms with E-state index in [2.05, 4.69) is 33.2 Å². The third-order valence-corrected chi connectivity index (χ3v) is 5.43. The number of carbonyl (C=O) groups is 1. The number of aliphatic imine (C=N–C) groups is 1. The molecule has 0 aliphatic carbocycles. The molecular weight excluding hydrogens is 404 g/mol. The molecule has 1 atom stereocenters. The maximum Gasteiger partial charge on any atom is 0.309 e. The number of pyridine rings is 1. The highest BCUT2D eigenvalue weighted by Gasteiger charge is 2.43. The number of fused-ring (bicyclic) bond motifs is 1. The molecule has 0 amide bonds. The molecule has 3 rings (SSSR count). The first kappa shape index (κ1) is 23.8. The zero-order chi connectivity index (χ0) is 23.0. The molecule has 1 aromatic heterocycles. The van der Waals surface area contributed by atoms with Gasteiger partial charge in [-0.05, 0) is 32.4 Å². The fourth-order valence-corrected chi connectivity index (χ4v) is 4.10. The van der Waals surface area contributed by atoms with Gasteiger partial charge in [-0.1, -0.05) is 57.2 Å². The van der Waals surface area contributed by atoms with Gasteiger partial charge in [0.2, 0.25) is 0 Å². The Morgan fingerprint density at radius 3 is 2.66 bits per heavy atom. The third-order valence-electron chi connectivity index (χ3n) is 5.43. The molecule has 174 valence electrons. The molecule has 1 aliphatic heterocycles. The lowest BCUT2D eigenvalue weighted by Crippen LogP contribution is -2.80. The first-order valence-electron chi connectivity index (χ1n) is 11.6. The van der Waals surface area contributed by atoms with Gasteiger partial charge in [-0.3, -0.25) is 20.1 Å². The van der Waals surface area contributed by atoms with Crippen molar-refractivity contribution in [2.24, 2.45) is 4.99 Å². The van der Waals surface area contributed by atoms with Gasteiger partial charge in [-0.25, -0.2) is 0 Å². The molecule has 1 fully saturated rings. The molecular formula is C24H36N6O2. The van der Waals surface area contributed by atoms with Gasteiger partial charge in [0.1, 0.15) is 6.42 Å². The van der Waals surface area contributed by atoms with E-state index in [-0.39, 0.29) is 6.42 Å². The highest BCUT2D eigenvalue weighted by molar-refractivity contribution is 5.85. The monoisotopic (exact) mass is 440 g/mol. The fraction of sp³-hybridized carbons (Fsp3) is 0.542. The maximum atomic E-state index is 11.8. The van der Waals surface area contributed by atoms with Crippen LogP contribution < -0.4 is 21.3 Å². The quantitative estimate of drug-likeness (QED) is 0.336. The molecule has 32 heavy (non-hydrogen) atoms. The fourth-order valence-electron chi connectivity index (χ4n) is 4.10. The number of aliphatic carboxylic acids is 1. The summed E-state index contributed by atoms with van der Waals surface area (Å²) < 4.78 is 0. The summed E-state index contributed by atoms with van der Waals surface area (Å²) >= 11 is 0. The second-order valence-electron chi connectivity index (χ2n) is 9.02. The largest absolute Gasteiger partial charge is 0.481 e. The van der Waals surface area contributed by atoms with E-state index in [1.54, 1.807) is 6.20 Å². The molecule has 0 saturated carbocycles. The van der Waals surface area contributed by atoms with Gasteiger partial charge in [0, 0.05) is 11.9 Å². The Labute approximate surface area is 190 Å². The van der Waals surface area contributed by atoms with Crippen molar-refractivity contribution in [2.45, 2.75) is 77.2 Å². The van der Waals surface area contributed by atoms with Crippen LogP contribution in [-0.2, 0) is 4.79 Å². The molecule has 1 unspecified atom stereocenters. The molecule has 1 saturated heterocycles. The number of hydrogen-bond donors (Lipinski definition) is 5. The Morgan fingerprint density at radius 1 is 1.12 bits per heavy atom. The van der Waals surface area contributed by atoms with E-state index in [0.29, 0.717) is 12.5 Å². The smallest absolute Gasteiger partial charge is 0.309 e. The number of hydrogen-bond acceptors (Lipinski definition) is 5. The lowest BCUT2D eigenvalue weighted by molar-refractivity contribution is -0.139. The molecule has 8 heteroatoms. The second kappa shape index (κ2) is 10.6. The van der Waals surface area contributed by atoms with Crippen molar-refractivity contribution in [3.63, 3.8) is 0 Å². The predicted molar refractivity (Wildman–Crippen MR) is 130 cm³/mol. The zero-order valence-corrected chi connectivity index (χ0v) is 19.4. The van der Waals surface area contributed by atoms with Gasteiger partial charge < -0.3 is 21.1 Å². The first-order valence-corrected chi connectivity index (χ1v) is 11.6. The predicted octanol–water partition coefficient (Wildman–Crippen LogP) is 4.01. The third kappa shape index (κ3) is 6.82. The normalized spacial score (nSPS) is 21.2. The maximum absolute atomic E-state index is 11.8. The number of rotatable bonds is 11. The van der Waals surface area contributed by atoms with E-state index >= 15 is 0 Å². The van der Waals surface area contributed by atoms with E-state index in [1.165, 1.54) is 25.7 Å². The van der Waals surface area contributed by atoms with Crippen molar-refractivity contribution in [2.75, 3.05) is 11.9 Å². The number of unbranched alkanes of at least 4 members (excludes halogenated alkanes) is 5. The molecule has 8 nitrogen and oxygen atoms in total. The lowest BCUT2D eigenvalue weighted by atomic mass is 10.1. The summed E-state index contributed by atoms with van der Waals surface area (Å²) in [5.74, 6) is -1.46. The molecule has 1 aliphatic rings. The summed E-state index contributed by atoms with van der Waals surface area (Å²) in [6.45, 7) is 6.84. The van der Waals surface area contributed by atoms with Crippen molar-refractivity contribution >= 4 is 28.5 Å². The van der Waals surface area contributed by atoms with Crippen LogP contribution in [0.25, 0.3) is 10.9 Å². The van der Waals surface area contributed by atoms with Gasteiger partial charge in [0.15, 0.2) is 11.7 Å². The van der Waals surface area contributed by atoms with E-state index in [9.17, 15) is 9.90 Å². The molecule has 2 aromatic rings. The molecule has 1 aromatic carbocycles. The molecule has 0 bridgehead atoms. The van der Waals surface area contributed by atoms with Crippen LogP contribution in [0.15, 0.2) is 41.5 Å². The highest BCUT2D eigenvalue weighted by atomic mass is 16.4. The number of benzene rings is 1. The van der Waals surface area contributed by atoms with Gasteiger partial charge in [0.25, 0.3) is 0 Å². The summed E-state index contributed by atoms with van der Waals surface area (Å²) in [6, 6.07) is 9.80. The Balaban J connectivity index is 1.76. The van der Waals surface area contributed by atoms with Crippen LogP contribution in [0.3, 0.4) is 0 Å². The van der Waals surface area contributed by atoms with E-state index in [4.69, 9.17) is 4.99 Å². The number of carboxylic acid groups (broad SMARTS) is 1. The van der Waals surface area contributed by atoms with Gasteiger partial charge in [-0.2, -0.15) is 0 Å². The lowest BCUT2D eigenvalue weighted by Gasteiger charge is -2.48. The number of guanidine groups is 1. The zero-order valence-electron chi connectivity index (χ0n) is 19.4. The molecule has 5 N–H and O–H groups in total. The average Bonchev–Trinajstić information content (AvgIpc) is 2.71. The van der Waals surface area contributed by atoms with Gasteiger partial charge in [-0.15, -0.1) is 0 Å². The summed E-state index contributed by atoms with van der Waals surface area (Å²) in [5.41, 5.74) is 1.04. The SMILES string of the molecule is CCCCCCCCN=C1NC(C)(C)NC(CC(=O)O)(Nc2cnc3ccccc3c2)N1. The van der Waals surface area contributed by atoms with Crippen molar-refractivity contribution in [3.05, 3.63) is 36.5 Å². The van der Waals surface area contributed by atoms with Crippen LogP contribution in [-0.4, -0.2) is 40.0 Å². The summed E-state index contributed by atoms with van der Waals surface area (Å²) in [7, 11) is 0. The number of aromatic nitrogens is 1. The van der Waals surface area contributed by atoms with Crippen LogP contribution in [0, 0.1) is 0 Å². The summed E-state index contributed by atoms with van der Waals surface area (Å²) in [4.78, 5) is 21.0. The average molecular weight is 441 g/mol. The van der Waals surface area contributed by atoms with Gasteiger partial charge in [0.05, 0.1) is 23.1 Å². The minimum absolute atomic E-state index is 0.193. The topological polar surface area (TPSA) is 111 Å². The molecule has 2 heterocycles. The minimum atomic E-state index is -1.12. The van der Waals surface area contributed by atoms with E-state index in [1.807, 2.05) is 44.2 Å². The van der Waals surface area contributed by atoms with Crippen molar-refractivity contribution in [1.82, 2.24) is 20.9 Å². The summed E-state index contributed by atoms with van der Waals surface area (Å²) in [6.07, 6.45) is 8.71. The van der Waals surface area contributed by atoms with Crippen LogP contribution in [0.4, 0.5) is 5.69 Å². The summed E-state index contributed by atoms with van der Waals surface area (Å²) in [5, 5.41) is 23.9. The van der Waals surface area contributed by atoms with Crippen molar-refractivity contribution < 1.29 is 9.90 Å². The number of nitrogens with one attached hydrogen (secondary N) is 4. The van der Waals surface area contributed by atoms with Crippen LogP contribution in [0.1, 0.15) is 65.7 Å². The van der Waals surface area contributed by atoms with Crippen LogP contribution >= 0.6 is 0 Å². The standard InChI is InChI=1S/C24H36N6O2/c1-4-5-6-7-8-11-14-25-22-28-23(2,3)30-24(29-22,16-21(31)32)27-19-15-18-12-9-10-13-20(18)26-17-19/h9-10,12-13,15,17,27,30H,4-8,11,14,16H2,1-3H3,(H,31,32)(H2,25,28,29). The second-order valence-corrected chi connectivity index (χ2v) is 9.02. The Hall–Kier alpha value is -2.87. The molecule has 0 spiro atoms. The Bertz CT molecular complexity index is 945. The van der Waals surface area contributed by atoms with Crippen molar-refractivity contribution in [1.29, 1.82) is 0 Å².